The zero-order valence-electron chi connectivity index (χ0n) is 16.6. The molecule has 0 saturated heterocycles. The number of ketones is 1. The molecule has 0 fully saturated rings. The zero-order valence-corrected chi connectivity index (χ0v) is 18.2. The van der Waals surface area contributed by atoms with Crippen LogP contribution in [0.4, 0.5) is 5.69 Å². The van der Waals surface area contributed by atoms with Gasteiger partial charge in [0.2, 0.25) is 5.78 Å². The van der Waals surface area contributed by atoms with Crippen molar-refractivity contribution in [1.82, 2.24) is 5.32 Å². The van der Waals surface area contributed by atoms with Crippen LogP contribution in [-0.4, -0.2) is 29.1 Å². The van der Waals surface area contributed by atoms with E-state index in [9.17, 15) is 24.5 Å². The molecule has 0 radical (unpaired) electrons. The lowest BCUT2D eigenvalue weighted by molar-refractivity contribution is -0.384. The Morgan fingerprint density at radius 1 is 0.906 bits per heavy atom. The smallest absolute Gasteiger partial charge is 0.326 e. The Bertz CT molecular complexity index is 1130. The van der Waals surface area contributed by atoms with E-state index in [2.05, 4.69) is 21.2 Å². The number of non-ortho nitro benzene ring substituents is 1. The van der Waals surface area contributed by atoms with Crippen LogP contribution in [0.1, 0.15) is 32.4 Å². The van der Waals surface area contributed by atoms with Crippen molar-refractivity contribution in [1.29, 1.82) is 0 Å². The van der Waals surface area contributed by atoms with E-state index in [0.29, 0.717) is 11.1 Å². The van der Waals surface area contributed by atoms with E-state index < -0.39 is 35.2 Å². The first-order chi connectivity index (χ1) is 15.3. The first-order valence-corrected chi connectivity index (χ1v) is 10.2. The molecule has 3 rings (SSSR count). The summed E-state index contributed by atoms with van der Waals surface area (Å²) in [4.78, 5) is 48.0. The predicted octanol–water partition coefficient (Wildman–Crippen LogP) is 4.25. The van der Waals surface area contributed by atoms with E-state index in [1.807, 2.05) is 0 Å². The lowest BCUT2D eigenvalue weighted by Gasteiger charge is -2.17. The van der Waals surface area contributed by atoms with Gasteiger partial charge in [0.15, 0.2) is 6.10 Å². The van der Waals surface area contributed by atoms with Gasteiger partial charge in [-0.3, -0.25) is 24.5 Å². The minimum absolute atomic E-state index is 0.159. The summed E-state index contributed by atoms with van der Waals surface area (Å²) in [5.41, 5.74) is 0.778. The molecular weight excluding hydrogens is 480 g/mol. The normalized spacial score (nSPS) is 11.3. The van der Waals surface area contributed by atoms with Gasteiger partial charge in [-0.2, -0.15) is 0 Å². The third-order valence-electron chi connectivity index (χ3n) is 4.45. The van der Waals surface area contributed by atoms with Crippen molar-refractivity contribution < 1.29 is 24.0 Å². The number of nitro benzene ring substituents is 1. The zero-order chi connectivity index (χ0) is 23.1. The SMILES string of the molecule is O=C(CNC(=O)c1ccc(Br)cc1)O[C@H](C(=O)c1ccccc1)c1ccc([N+](=O)[O-])cc1. The van der Waals surface area contributed by atoms with E-state index in [-0.39, 0.29) is 11.3 Å². The van der Waals surface area contributed by atoms with Crippen LogP contribution in [0.25, 0.3) is 0 Å². The number of nitro groups is 1. The predicted molar refractivity (Wildman–Crippen MR) is 119 cm³/mol. The summed E-state index contributed by atoms with van der Waals surface area (Å²) in [5, 5.41) is 13.4. The van der Waals surface area contributed by atoms with Gasteiger partial charge >= 0.3 is 5.97 Å². The van der Waals surface area contributed by atoms with Crippen LogP contribution in [0.2, 0.25) is 0 Å². The third-order valence-corrected chi connectivity index (χ3v) is 4.98. The van der Waals surface area contributed by atoms with Crippen LogP contribution >= 0.6 is 15.9 Å². The number of rotatable bonds is 8. The first-order valence-electron chi connectivity index (χ1n) is 9.42. The highest BCUT2D eigenvalue weighted by Gasteiger charge is 2.27. The maximum Gasteiger partial charge on any atom is 0.326 e. The van der Waals surface area contributed by atoms with Crippen molar-refractivity contribution in [2.24, 2.45) is 0 Å². The largest absolute Gasteiger partial charge is 0.448 e. The summed E-state index contributed by atoms with van der Waals surface area (Å²) < 4.78 is 6.18. The van der Waals surface area contributed by atoms with Crippen LogP contribution in [0, 0.1) is 10.1 Å². The average Bonchev–Trinajstić information content (AvgIpc) is 2.81. The fourth-order valence-corrected chi connectivity index (χ4v) is 3.09. The molecule has 1 amide bonds. The summed E-state index contributed by atoms with van der Waals surface area (Å²) >= 11 is 3.28. The first kappa shape index (κ1) is 22.8. The number of amides is 1. The second-order valence-corrected chi connectivity index (χ2v) is 7.55. The summed E-state index contributed by atoms with van der Waals surface area (Å²) in [6, 6.07) is 19.9. The lowest BCUT2D eigenvalue weighted by atomic mass is 9.99. The number of halogens is 1. The number of benzene rings is 3. The number of nitrogens with zero attached hydrogens (tertiary/aromatic N) is 1. The van der Waals surface area contributed by atoms with Gasteiger partial charge in [-0.1, -0.05) is 46.3 Å². The van der Waals surface area contributed by atoms with Crippen LogP contribution < -0.4 is 5.32 Å². The third kappa shape index (κ3) is 5.86. The van der Waals surface area contributed by atoms with Gasteiger partial charge in [-0.25, -0.2) is 0 Å². The number of esters is 1. The molecule has 0 bridgehead atoms. The average molecular weight is 497 g/mol. The Morgan fingerprint density at radius 2 is 1.53 bits per heavy atom. The van der Waals surface area contributed by atoms with Crippen LogP contribution in [0.3, 0.4) is 0 Å². The molecular formula is C23H17BrN2O6. The van der Waals surface area contributed by atoms with Gasteiger partial charge in [0.25, 0.3) is 11.6 Å². The number of Topliss-reactive ketones (excluding diaryl/α,β-unsaturated/α-hetero) is 1. The van der Waals surface area contributed by atoms with E-state index in [1.165, 1.54) is 24.3 Å². The van der Waals surface area contributed by atoms with Crippen molar-refractivity contribution in [3.05, 3.63) is 110 Å². The maximum absolute atomic E-state index is 13.0. The van der Waals surface area contributed by atoms with E-state index >= 15 is 0 Å². The summed E-state index contributed by atoms with van der Waals surface area (Å²) in [5.74, 6) is -1.80. The molecule has 0 aromatic heterocycles. The van der Waals surface area contributed by atoms with Crippen molar-refractivity contribution in [3.8, 4) is 0 Å². The molecule has 1 N–H and O–H groups in total. The summed E-state index contributed by atoms with van der Waals surface area (Å²) in [6.07, 6.45) is -1.32. The van der Waals surface area contributed by atoms with Crippen LogP contribution in [0.5, 0.6) is 0 Å². The molecule has 3 aromatic carbocycles. The van der Waals surface area contributed by atoms with E-state index in [0.717, 1.165) is 4.47 Å². The lowest BCUT2D eigenvalue weighted by Crippen LogP contribution is -2.32. The van der Waals surface area contributed by atoms with E-state index in [4.69, 9.17) is 4.74 Å². The van der Waals surface area contributed by atoms with Crippen molar-refractivity contribution >= 4 is 39.3 Å². The Kier molecular flexibility index (Phi) is 7.45. The number of hydrogen-bond donors (Lipinski definition) is 1. The number of carbonyl (C=O) groups excluding carboxylic acids is 3. The topological polar surface area (TPSA) is 116 Å². The fraction of sp³-hybridized carbons (Fsp3) is 0.0870. The van der Waals surface area contributed by atoms with E-state index in [1.54, 1.807) is 54.6 Å². The monoisotopic (exact) mass is 496 g/mol. The van der Waals surface area contributed by atoms with Crippen LogP contribution in [-0.2, 0) is 9.53 Å². The molecule has 162 valence electrons. The molecule has 8 nitrogen and oxygen atoms in total. The van der Waals surface area contributed by atoms with Gasteiger partial charge in [0.05, 0.1) is 4.92 Å². The molecule has 1 atom stereocenters. The number of carbonyl (C=O) groups is 3. The highest BCUT2D eigenvalue weighted by atomic mass is 79.9. The quantitative estimate of drug-likeness (QED) is 0.215. The van der Waals surface area contributed by atoms with Gasteiger partial charge in [-0.15, -0.1) is 0 Å². The summed E-state index contributed by atoms with van der Waals surface area (Å²) in [7, 11) is 0. The number of hydrogen-bond acceptors (Lipinski definition) is 6. The van der Waals surface area contributed by atoms with Gasteiger partial charge in [0.1, 0.15) is 6.54 Å². The summed E-state index contributed by atoms with van der Waals surface area (Å²) in [6.45, 7) is -0.458. The minimum atomic E-state index is -1.32. The standard InChI is InChI=1S/C23H17BrN2O6/c24-18-10-6-17(7-11-18)23(29)25-14-20(27)32-22(21(28)15-4-2-1-3-5-15)16-8-12-19(13-9-16)26(30)31/h1-13,22H,14H2,(H,25,29)/t22-/m0/s1. The second kappa shape index (κ2) is 10.5. The molecule has 0 aliphatic heterocycles. The Hall–Kier alpha value is -3.85. The molecule has 0 saturated carbocycles. The highest BCUT2D eigenvalue weighted by molar-refractivity contribution is 9.10. The second-order valence-electron chi connectivity index (χ2n) is 6.64. The molecule has 9 heteroatoms. The molecule has 0 aliphatic rings. The van der Waals surface area contributed by atoms with Gasteiger partial charge in [0, 0.05) is 33.3 Å². The Morgan fingerprint density at radius 3 is 2.12 bits per heavy atom. The fourth-order valence-electron chi connectivity index (χ4n) is 2.83. The Balaban J connectivity index is 1.74. The Labute approximate surface area is 191 Å². The minimum Gasteiger partial charge on any atom is -0.448 e. The molecule has 3 aromatic rings. The number of ether oxygens (including phenoxy) is 1. The molecule has 32 heavy (non-hydrogen) atoms. The van der Waals surface area contributed by atoms with Crippen molar-refractivity contribution in [3.63, 3.8) is 0 Å². The maximum atomic E-state index is 13.0. The molecule has 0 spiro atoms. The highest BCUT2D eigenvalue weighted by Crippen LogP contribution is 2.25. The van der Waals surface area contributed by atoms with Crippen molar-refractivity contribution in [2.75, 3.05) is 6.54 Å². The van der Waals surface area contributed by atoms with Crippen LogP contribution in [0.15, 0.2) is 83.3 Å². The van der Waals surface area contributed by atoms with Gasteiger partial charge in [-0.05, 0) is 36.4 Å². The molecule has 0 aliphatic carbocycles. The number of nitrogens with one attached hydrogen (secondary N) is 1. The molecule has 0 unspecified atom stereocenters. The molecule has 0 heterocycles. The van der Waals surface area contributed by atoms with Gasteiger partial charge < -0.3 is 10.1 Å². The van der Waals surface area contributed by atoms with Crippen molar-refractivity contribution in [2.45, 2.75) is 6.10 Å².